The molecule has 1 aromatic carbocycles. The van der Waals surface area contributed by atoms with Crippen molar-refractivity contribution in [2.45, 2.75) is 32.2 Å². The van der Waals surface area contributed by atoms with Crippen LogP contribution in [0.1, 0.15) is 46.1 Å². The fourth-order valence-electron chi connectivity index (χ4n) is 2.90. The highest BCUT2D eigenvalue weighted by atomic mass is 16.4. The van der Waals surface area contributed by atoms with Crippen molar-refractivity contribution in [3.05, 3.63) is 58.9 Å². The number of anilines is 1. The summed E-state index contributed by atoms with van der Waals surface area (Å²) in [6.07, 6.45) is 5.10. The van der Waals surface area contributed by atoms with Gasteiger partial charge in [0, 0.05) is 11.9 Å². The molecule has 4 heteroatoms. The summed E-state index contributed by atoms with van der Waals surface area (Å²) in [5, 5.41) is 12.5. The number of aryl methyl sites for hydroxylation is 2. The van der Waals surface area contributed by atoms with Crippen LogP contribution in [0.5, 0.6) is 0 Å². The maximum absolute atomic E-state index is 11.0. The topological polar surface area (TPSA) is 62.2 Å². The second kappa shape index (κ2) is 5.56. The van der Waals surface area contributed by atoms with Crippen LogP contribution in [-0.4, -0.2) is 16.1 Å². The zero-order chi connectivity index (χ0) is 14.8. The van der Waals surface area contributed by atoms with E-state index >= 15 is 0 Å². The standard InChI is InChI=1S/C17H18N2O2/c1-11-10-13(17(20)21)7-8-14(11)19-15-6-2-4-12-5-3-9-18-16(12)15/h3,5,7-10,15,19H,2,4,6H2,1H3,(H,20,21). The largest absolute Gasteiger partial charge is 0.478 e. The predicted octanol–water partition coefficient (Wildman–Crippen LogP) is 3.58. The van der Waals surface area contributed by atoms with Crippen LogP contribution in [-0.2, 0) is 6.42 Å². The van der Waals surface area contributed by atoms with Gasteiger partial charge in [0.15, 0.2) is 0 Å². The van der Waals surface area contributed by atoms with E-state index in [2.05, 4.69) is 16.4 Å². The predicted molar refractivity (Wildman–Crippen MR) is 81.7 cm³/mol. The summed E-state index contributed by atoms with van der Waals surface area (Å²) < 4.78 is 0. The van der Waals surface area contributed by atoms with Crippen molar-refractivity contribution in [1.82, 2.24) is 4.98 Å². The summed E-state index contributed by atoms with van der Waals surface area (Å²) in [6, 6.07) is 9.50. The van der Waals surface area contributed by atoms with Crippen molar-refractivity contribution in [3.63, 3.8) is 0 Å². The van der Waals surface area contributed by atoms with Crippen molar-refractivity contribution in [2.75, 3.05) is 5.32 Å². The summed E-state index contributed by atoms with van der Waals surface area (Å²) in [5.74, 6) is -0.894. The molecule has 0 fully saturated rings. The first-order chi connectivity index (χ1) is 10.1. The first-order valence-corrected chi connectivity index (χ1v) is 7.19. The number of carboxylic acids is 1. The molecule has 0 saturated heterocycles. The zero-order valence-electron chi connectivity index (χ0n) is 12.0. The molecule has 1 aromatic heterocycles. The van der Waals surface area contributed by atoms with Crippen LogP contribution in [0.2, 0.25) is 0 Å². The third-order valence-corrected chi connectivity index (χ3v) is 4.00. The van der Waals surface area contributed by atoms with Gasteiger partial charge in [0.25, 0.3) is 0 Å². The Kier molecular flexibility index (Phi) is 3.60. The van der Waals surface area contributed by atoms with Gasteiger partial charge in [-0.05, 0) is 61.6 Å². The lowest BCUT2D eigenvalue weighted by atomic mass is 9.91. The molecule has 1 atom stereocenters. The average molecular weight is 282 g/mol. The van der Waals surface area contributed by atoms with Crippen molar-refractivity contribution in [2.24, 2.45) is 0 Å². The lowest BCUT2D eigenvalue weighted by Gasteiger charge is -2.26. The van der Waals surface area contributed by atoms with Gasteiger partial charge in [-0.3, -0.25) is 4.98 Å². The molecular weight excluding hydrogens is 264 g/mol. The summed E-state index contributed by atoms with van der Waals surface area (Å²) in [4.78, 5) is 15.5. The Balaban J connectivity index is 1.86. The first-order valence-electron chi connectivity index (χ1n) is 7.19. The molecule has 0 saturated carbocycles. The first kappa shape index (κ1) is 13.6. The molecule has 1 aliphatic rings. The van der Waals surface area contributed by atoms with E-state index in [0.717, 1.165) is 36.2 Å². The van der Waals surface area contributed by atoms with Crippen molar-refractivity contribution in [1.29, 1.82) is 0 Å². The minimum Gasteiger partial charge on any atom is -0.478 e. The summed E-state index contributed by atoms with van der Waals surface area (Å²) in [7, 11) is 0. The van der Waals surface area contributed by atoms with E-state index in [4.69, 9.17) is 5.11 Å². The molecular formula is C17H18N2O2. The molecule has 0 spiro atoms. The van der Waals surface area contributed by atoms with Crippen molar-refractivity contribution >= 4 is 11.7 Å². The Morgan fingerprint density at radius 1 is 1.38 bits per heavy atom. The Hall–Kier alpha value is -2.36. The smallest absolute Gasteiger partial charge is 0.335 e. The van der Waals surface area contributed by atoms with Crippen LogP contribution < -0.4 is 5.32 Å². The number of nitrogens with zero attached hydrogens (tertiary/aromatic N) is 1. The third kappa shape index (κ3) is 2.75. The fourth-order valence-corrected chi connectivity index (χ4v) is 2.90. The molecule has 0 amide bonds. The van der Waals surface area contributed by atoms with Crippen LogP contribution in [0.15, 0.2) is 36.5 Å². The number of pyridine rings is 1. The Morgan fingerprint density at radius 3 is 3.00 bits per heavy atom. The molecule has 1 unspecified atom stereocenters. The average Bonchev–Trinajstić information content (AvgIpc) is 2.49. The lowest BCUT2D eigenvalue weighted by Crippen LogP contribution is -2.19. The zero-order valence-corrected chi connectivity index (χ0v) is 12.0. The van der Waals surface area contributed by atoms with Gasteiger partial charge < -0.3 is 10.4 Å². The molecule has 108 valence electrons. The number of aromatic carboxylic acids is 1. The van der Waals surface area contributed by atoms with Gasteiger partial charge in [-0.2, -0.15) is 0 Å². The van der Waals surface area contributed by atoms with E-state index in [-0.39, 0.29) is 6.04 Å². The Bertz CT molecular complexity index is 682. The number of aromatic nitrogens is 1. The van der Waals surface area contributed by atoms with Crippen LogP contribution >= 0.6 is 0 Å². The molecule has 2 N–H and O–H groups in total. The number of carboxylic acid groups (broad SMARTS) is 1. The van der Waals surface area contributed by atoms with Gasteiger partial charge in [0.1, 0.15) is 0 Å². The molecule has 4 nitrogen and oxygen atoms in total. The number of hydrogen-bond acceptors (Lipinski definition) is 3. The quantitative estimate of drug-likeness (QED) is 0.903. The SMILES string of the molecule is Cc1cc(C(=O)O)ccc1NC1CCCc2cccnc21. The van der Waals surface area contributed by atoms with Crippen molar-refractivity contribution < 1.29 is 9.90 Å². The molecule has 0 radical (unpaired) electrons. The van der Waals surface area contributed by atoms with Gasteiger partial charge in [-0.1, -0.05) is 6.07 Å². The molecule has 21 heavy (non-hydrogen) atoms. The van der Waals surface area contributed by atoms with E-state index in [1.54, 1.807) is 12.1 Å². The van der Waals surface area contributed by atoms with E-state index in [9.17, 15) is 4.79 Å². The fraction of sp³-hybridized carbons (Fsp3) is 0.294. The highest BCUT2D eigenvalue weighted by Gasteiger charge is 2.21. The summed E-state index contributed by atoms with van der Waals surface area (Å²) in [5.41, 5.74) is 4.66. The van der Waals surface area contributed by atoms with Crippen LogP contribution in [0.25, 0.3) is 0 Å². The molecule has 1 aliphatic carbocycles. The molecule has 0 aliphatic heterocycles. The minimum absolute atomic E-state index is 0.198. The normalized spacial score (nSPS) is 17.1. The number of benzene rings is 1. The number of nitrogens with one attached hydrogen (secondary N) is 1. The van der Waals surface area contributed by atoms with Gasteiger partial charge >= 0.3 is 5.97 Å². The molecule has 2 aromatic rings. The van der Waals surface area contributed by atoms with Crippen LogP contribution in [0.3, 0.4) is 0 Å². The van der Waals surface area contributed by atoms with Gasteiger partial charge in [-0.25, -0.2) is 4.79 Å². The third-order valence-electron chi connectivity index (χ3n) is 4.00. The van der Waals surface area contributed by atoms with Crippen molar-refractivity contribution in [3.8, 4) is 0 Å². The number of hydrogen-bond donors (Lipinski definition) is 2. The van der Waals surface area contributed by atoms with Crippen LogP contribution in [0, 0.1) is 6.92 Å². The highest BCUT2D eigenvalue weighted by Crippen LogP contribution is 2.31. The molecule has 1 heterocycles. The molecule has 0 bridgehead atoms. The second-order valence-corrected chi connectivity index (χ2v) is 5.47. The van der Waals surface area contributed by atoms with Gasteiger partial charge in [-0.15, -0.1) is 0 Å². The molecule has 3 rings (SSSR count). The number of carbonyl (C=O) groups is 1. The monoisotopic (exact) mass is 282 g/mol. The van der Waals surface area contributed by atoms with Gasteiger partial charge in [0.05, 0.1) is 17.3 Å². The summed E-state index contributed by atoms with van der Waals surface area (Å²) in [6.45, 7) is 1.93. The van der Waals surface area contributed by atoms with E-state index in [0.29, 0.717) is 5.56 Å². The second-order valence-electron chi connectivity index (χ2n) is 5.47. The highest BCUT2D eigenvalue weighted by molar-refractivity contribution is 5.88. The number of rotatable bonds is 3. The Labute approximate surface area is 123 Å². The van der Waals surface area contributed by atoms with Gasteiger partial charge in [0.2, 0.25) is 0 Å². The maximum atomic E-state index is 11.0. The minimum atomic E-state index is -0.894. The van der Waals surface area contributed by atoms with E-state index < -0.39 is 5.97 Å². The van der Waals surface area contributed by atoms with E-state index in [1.807, 2.05) is 25.3 Å². The van der Waals surface area contributed by atoms with Crippen LogP contribution in [0.4, 0.5) is 5.69 Å². The number of fused-ring (bicyclic) bond motifs is 1. The summed E-state index contributed by atoms with van der Waals surface area (Å²) >= 11 is 0. The van der Waals surface area contributed by atoms with E-state index in [1.165, 1.54) is 5.56 Å². The Morgan fingerprint density at radius 2 is 2.24 bits per heavy atom. The lowest BCUT2D eigenvalue weighted by molar-refractivity contribution is 0.0697. The maximum Gasteiger partial charge on any atom is 0.335 e.